The zero-order chi connectivity index (χ0) is 29.6. The van der Waals surface area contributed by atoms with E-state index in [2.05, 4.69) is 46.5 Å². The van der Waals surface area contributed by atoms with Crippen molar-refractivity contribution >= 4 is 39.1 Å². The molecule has 42 heavy (non-hydrogen) atoms. The second-order valence-corrected chi connectivity index (χ2v) is 14.4. The Bertz CT molecular complexity index is 1650. The SMILES string of the molecule is CC(C)CN1CCc2c(ccc3c2CCCC3n2cc(CC3C(=O)NC=CN3S(=O)(=O)c3ccc(Cl)c(Cl)c3)nn2)C1. The Labute approximate surface area is 256 Å². The summed E-state index contributed by atoms with van der Waals surface area (Å²) in [6.07, 6.45) is 8.70. The molecule has 2 atom stereocenters. The second kappa shape index (κ2) is 11.6. The molecule has 0 radical (unpaired) electrons. The Hall–Kier alpha value is -2.92. The first-order chi connectivity index (χ1) is 20.1. The van der Waals surface area contributed by atoms with E-state index in [1.165, 1.54) is 52.9 Å². The van der Waals surface area contributed by atoms with Crippen molar-refractivity contribution in [2.45, 2.75) is 69.5 Å². The molecule has 3 heterocycles. The molecule has 0 bridgehead atoms. The third-order valence-corrected chi connectivity index (χ3v) is 10.8. The van der Waals surface area contributed by atoms with Crippen LogP contribution >= 0.6 is 23.2 Å². The lowest BCUT2D eigenvalue weighted by Gasteiger charge is -2.34. The van der Waals surface area contributed by atoms with Crippen molar-refractivity contribution in [3.05, 3.63) is 86.9 Å². The predicted octanol–water partition coefficient (Wildman–Crippen LogP) is 4.73. The second-order valence-electron chi connectivity index (χ2n) is 11.7. The van der Waals surface area contributed by atoms with Crippen LogP contribution in [0.1, 0.15) is 60.7 Å². The summed E-state index contributed by atoms with van der Waals surface area (Å²) in [6, 6.07) is 7.62. The smallest absolute Gasteiger partial charge is 0.264 e. The summed E-state index contributed by atoms with van der Waals surface area (Å²) in [7, 11) is -4.09. The average Bonchev–Trinajstić information content (AvgIpc) is 3.43. The van der Waals surface area contributed by atoms with Crippen LogP contribution in [0.5, 0.6) is 0 Å². The molecule has 0 saturated carbocycles. The molecule has 0 fully saturated rings. The highest BCUT2D eigenvalue weighted by Crippen LogP contribution is 2.37. The molecule has 1 amide bonds. The molecule has 1 N–H and O–H groups in total. The maximum absolute atomic E-state index is 13.5. The van der Waals surface area contributed by atoms with E-state index in [0.29, 0.717) is 11.6 Å². The number of aromatic nitrogens is 3. The lowest BCUT2D eigenvalue weighted by Crippen LogP contribution is -2.50. The van der Waals surface area contributed by atoms with Gasteiger partial charge in [-0.1, -0.05) is 54.4 Å². The number of carbonyl (C=O) groups is 1. The molecule has 2 unspecified atom stereocenters. The van der Waals surface area contributed by atoms with Gasteiger partial charge in [0.15, 0.2) is 0 Å². The summed E-state index contributed by atoms with van der Waals surface area (Å²) < 4.78 is 30.0. The molecule has 1 aliphatic carbocycles. The van der Waals surface area contributed by atoms with Gasteiger partial charge < -0.3 is 5.32 Å². The molecule has 2 aromatic carbocycles. The maximum Gasteiger partial charge on any atom is 0.264 e. The van der Waals surface area contributed by atoms with Crippen molar-refractivity contribution in [3.63, 3.8) is 0 Å². The summed E-state index contributed by atoms with van der Waals surface area (Å²) >= 11 is 12.1. The van der Waals surface area contributed by atoms with Crippen LogP contribution in [-0.2, 0) is 40.6 Å². The van der Waals surface area contributed by atoms with Crippen LogP contribution in [0.4, 0.5) is 0 Å². The summed E-state index contributed by atoms with van der Waals surface area (Å²) in [5.41, 5.74) is 6.19. The van der Waals surface area contributed by atoms with Crippen LogP contribution < -0.4 is 5.32 Å². The highest BCUT2D eigenvalue weighted by atomic mass is 35.5. The first kappa shape index (κ1) is 29.2. The van der Waals surface area contributed by atoms with Crippen LogP contribution in [-0.4, -0.2) is 57.7 Å². The van der Waals surface area contributed by atoms with Gasteiger partial charge in [-0.05, 0) is 72.1 Å². The van der Waals surface area contributed by atoms with E-state index in [1.807, 2.05) is 10.9 Å². The number of nitrogens with one attached hydrogen (secondary N) is 1. The van der Waals surface area contributed by atoms with Gasteiger partial charge in [-0.3, -0.25) is 14.0 Å². The Morgan fingerprint density at radius 1 is 1.10 bits per heavy atom. The Balaban J connectivity index is 1.24. The number of carbonyl (C=O) groups excluding carboxylic acids is 1. The van der Waals surface area contributed by atoms with Crippen LogP contribution in [0.2, 0.25) is 10.0 Å². The van der Waals surface area contributed by atoms with Gasteiger partial charge in [0, 0.05) is 44.7 Å². The summed E-state index contributed by atoms with van der Waals surface area (Å²) in [4.78, 5) is 15.4. The van der Waals surface area contributed by atoms with E-state index in [-0.39, 0.29) is 27.4 Å². The molecule has 3 aromatic rings. The third-order valence-electron chi connectivity index (χ3n) is 8.33. The minimum Gasteiger partial charge on any atom is -0.329 e. The molecular formula is C30H34Cl2N6O3S. The Morgan fingerprint density at radius 2 is 1.93 bits per heavy atom. The van der Waals surface area contributed by atoms with Gasteiger partial charge in [-0.2, -0.15) is 0 Å². The monoisotopic (exact) mass is 628 g/mol. The van der Waals surface area contributed by atoms with E-state index >= 15 is 0 Å². The summed E-state index contributed by atoms with van der Waals surface area (Å²) in [5.74, 6) is 0.200. The molecule has 12 heteroatoms. The number of benzene rings is 2. The lowest BCUT2D eigenvalue weighted by atomic mass is 9.81. The van der Waals surface area contributed by atoms with Crippen molar-refractivity contribution in [3.8, 4) is 0 Å². The highest BCUT2D eigenvalue weighted by Gasteiger charge is 2.37. The molecule has 222 valence electrons. The fourth-order valence-electron chi connectivity index (χ4n) is 6.45. The number of rotatable bonds is 7. The average molecular weight is 630 g/mol. The minimum atomic E-state index is -4.09. The predicted molar refractivity (Wildman–Crippen MR) is 162 cm³/mol. The Kier molecular flexibility index (Phi) is 8.08. The van der Waals surface area contributed by atoms with Crippen molar-refractivity contribution in [1.29, 1.82) is 0 Å². The zero-order valence-corrected chi connectivity index (χ0v) is 26.0. The maximum atomic E-state index is 13.5. The van der Waals surface area contributed by atoms with Crippen molar-refractivity contribution in [1.82, 2.24) is 29.5 Å². The quantitative estimate of drug-likeness (QED) is 0.406. The molecule has 2 aliphatic heterocycles. The minimum absolute atomic E-state index is 0.0464. The van der Waals surface area contributed by atoms with Crippen molar-refractivity contribution in [2.24, 2.45) is 5.92 Å². The third kappa shape index (κ3) is 5.57. The largest absolute Gasteiger partial charge is 0.329 e. The topological polar surface area (TPSA) is 100 Å². The number of hydrogen-bond donors (Lipinski definition) is 1. The molecule has 6 rings (SSSR count). The molecular weight excluding hydrogens is 595 g/mol. The van der Waals surface area contributed by atoms with Crippen LogP contribution in [0.3, 0.4) is 0 Å². The van der Waals surface area contributed by atoms with Gasteiger partial charge in [-0.25, -0.2) is 13.1 Å². The van der Waals surface area contributed by atoms with Crippen LogP contribution in [0.15, 0.2) is 53.8 Å². The van der Waals surface area contributed by atoms with E-state index < -0.39 is 22.0 Å². The van der Waals surface area contributed by atoms with E-state index in [9.17, 15) is 13.2 Å². The normalized spacial score (nSPS) is 20.9. The van der Waals surface area contributed by atoms with E-state index in [4.69, 9.17) is 23.2 Å². The van der Waals surface area contributed by atoms with Gasteiger partial charge in [0.2, 0.25) is 5.91 Å². The van der Waals surface area contributed by atoms with Gasteiger partial charge in [0.25, 0.3) is 10.0 Å². The number of sulfonamides is 1. The molecule has 1 aromatic heterocycles. The number of fused-ring (bicyclic) bond motifs is 3. The first-order valence-corrected chi connectivity index (χ1v) is 16.5. The van der Waals surface area contributed by atoms with Crippen LogP contribution in [0, 0.1) is 5.92 Å². The van der Waals surface area contributed by atoms with E-state index in [1.54, 1.807) is 0 Å². The van der Waals surface area contributed by atoms with Gasteiger partial charge in [0.05, 0.1) is 26.7 Å². The standard InChI is InChI=1S/C30H34Cl2N6O3S/c1-19(2)16-36-12-10-23-20(17-36)6-8-25-24(23)4-3-5-28(25)37-18-21(34-35-37)14-29-30(39)33-11-13-38(29)42(40,41)22-7-9-26(31)27(32)15-22/h6-9,11,13,15,18-19,28-29H,3-5,10,12,14,16-17H2,1-2H3,(H,33,39). The fourth-order valence-corrected chi connectivity index (χ4v) is 8.29. The Morgan fingerprint density at radius 3 is 2.71 bits per heavy atom. The first-order valence-electron chi connectivity index (χ1n) is 14.3. The molecule has 3 aliphatic rings. The molecule has 0 saturated heterocycles. The van der Waals surface area contributed by atoms with Gasteiger partial charge in [-0.15, -0.1) is 5.10 Å². The number of halogens is 2. The highest BCUT2D eigenvalue weighted by molar-refractivity contribution is 7.89. The molecule has 9 nitrogen and oxygen atoms in total. The number of amides is 1. The summed E-state index contributed by atoms with van der Waals surface area (Å²) in [6.45, 7) is 7.73. The fraction of sp³-hybridized carbons (Fsp3) is 0.433. The lowest BCUT2D eigenvalue weighted by molar-refractivity contribution is -0.124. The summed E-state index contributed by atoms with van der Waals surface area (Å²) in [5, 5.41) is 11.8. The number of nitrogens with zero attached hydrogens (tertiary/aromatic N) is 5. The van der Waals surface area contributed by atoms with Gasteiger partial charge >= 0.3 is 0 Å². The zero-order valence-electron chi connectivity index (χ0n) is 23.6. The van der Waals surface area contributed by atoms with Crippen molar-refractivity contribution < 1.29 is 13.2 Å². The van der Waals surface area contributed by atoms with Gasteiger partial charge in [0.1, 0.15) is 6.04 Å². The van der Waals surface area contributed by atoms with Crippen molar-refractivity contribution in [2.75, 3.05) is 13.1 Å². The number of hydrogen-bond acceptors (Lipinski definition) is 6. The molecule has 0 spiro atoms. The van der Waals surface area contributed by atoms with Crippen LogP contribution in [0.25, 0.3) is 0 Å². The van der Waals surface area contributed by atoms with E-state index in [0.717, 1.165) is 49.6 Å².